The Morgan fingerprint density at radius 1 is 1.04 bits per heavy atom. The van der Waals surface area contributed by atoms with Crippen molar-refractivity contribution in [1.29, 1.82) is 0 Å². The zero-order valence-electron chi connectivity index (χ0n) is 15.8. The second kappa shape index (κ2) is 7.25. The predicted molar refractivity (Wildman–Crippen MR) is 107 cm³/mol. The van der Waals surface area contributed by atoms with Gasteiger partial charge in [-0.3, -0.25) is 5.10 Å². The minimum Gasteiger partial charge on any atom is -0.497 e. The number of methoxy groups -OCH3 is 1. The molecule has 0 atom stereocenters. The SMILES string of the molecule is COc1ccc(-c2[nH]ncc2CNCc2nc3c(C)c(C)ccc3[nH]2)cc1. The van der Waals surface area contributed by atoms with Gasteiger partial charge in [-0.15, -0.1) is 0 Å². The Morgan fingerprint density at radius 3 is 2.63 bits per heavy atom. The molecule has 6 heteroatoms. The Balaban J connectivity index is 1.45. The van der Waals surface area contributed by atoms with Crippen LogP contribution in [0.5, 0.6) is 5.75 Å². The van der Waals surface area contributed by atoms with Crippen molar-refractivity contribution in [2.45, 2.75) is 26.9 Å². The number of H-pyrrole nitrogens is 2. The molecular weight excluding hydrogens is 338 g/mol. The summed E-state index contributed by atoms with van der Waals surface area (Å²) >= 11 is 0. The lowest BCUT2D eigenvalue weighted by Crippen LogP contribution is -2.13. The van der Waals surface area contributed by atoms with Gasteiger partial charge in [0.15, 0.2) is 0 Å². The predicted octanol–water partition coefficient (Wildman–Crippen LogP) is 3.87. The molecule has 0 aliphatic heterocycles. The van der Waals surface area contributed by atoms with E-state index >= 15 is 0 Å². The summed E-state index contributed by atoms with van der Waals surface area (Å²) in [5.41, 5.74) is 7.83. The number of hydrogen-bond donors (Lipinski definition) is 3. The number of aromatic nitrogens is 4. The molecule has 4 aromatic rings. The van der Waals surface area contributed by atoms with E-state index < -0.39 is 0 Å². The van der Waals surface area contributed by atoms with Gasteiger partial charge in [-0.1, -0.05) is 6.07 Å². The summed E-state index contributed by atoms with van der Waals surface area (Å²) in [5.74, 6) is 1.78. The van der Waals surface area contributed by atoms with Crippen molar-refractivity contribution in [2.24, 2.45) is 0 Å². The summed E-state index contributed by atoms with van der Waals surface area (Å²) in [6, 6.07) is 12.2. The molecule has 27 heavy (non-hydrogen) atoms. The van der Waals surface area contributed by atoms with E-state index in [-0.39, 0.29) is 0 Å². The normalized spacial score (nSPS) is 11.2. The fourth-order valence-electron chi connectivity index (χ4n) is 3.22. The van der Waals surface area contributed by atoms with E-state index in [1.165, 1.54) is 11.1 Å². The molecule has 0 unspecified atom stereocenters. The maximum absolute atomic E-state index is 5.22. The fourth-order valence-corrected chi connectivity index (χ4v) is 3.22. The lowest BCUT2D eigenvalue weighted by molar-refractivity contribution is 0.415. The smallest absolute Gasteiger partial charge is 0.121 e. The summed E-state index contributed by atoms with van der Waals surface area (Å²) in [4.78, 5) is 8.13. The van der Waals surface area contributed by atoms with Gasteiger partial charge in [-0.25, -0.2) is 4.98 Å². The number of aromatic amines is 2. The molecule has 0 bridgehead atoms. The molecule has 0 spiro atoms. The first-order valence-corrected chi connectivity index (χ1v) is 8.98. The first-order valence-electron chi connectivity index (χ1n) is 8.98. The van der Waals surface area contributed by atoms with E-state index in [4.69, 9.17) is 9.72 Å². The number of ether oxygens (including phenoxy) is 1. The van der Waals surface area contributed by atoms with Gasteiger partial charge in [-0.2, -0.15) is 5.10 Å². The van der Waals surface area contributed by atoms with Crippen LogP contribution in [-0.4, -0.2) is 27.3 Å². The Kier molecular flexibility index (Phi) is 4.64. The van der Waals surface area contributed by atoms with E-state index in [1.54, 1.807) is 7.11 Å². The number of hydrogen-bond acceptors (Lipinski definition) is 4. The third-order valence-corrected chi connectivity index (χ3v) is 4.93. The second-order valence-corrected chi connectivity index (χ2v) is 6.69. The minimum atomic E-state index is 0.667. The summed E-state index contributed by atoms with van der Waals surface area (Å²) < 4.78 is 5.22. The van der Waals surface area contributed by atoms with Crippen molar-refractivity contribution in [1.82, 2.24) is 25.5 Å². The lowest BCUT2D eigenvalue weighted by atomic mass is 10.1. The van der Waals surface area contributed by atoms with Gasteiger partial charge in [0.05, 0.1) is 36.6 Å². The number of benzene rings is 2. The molecular formula is C21H23N5O. The van der Waals surface area contributed by atoms with E-state index in [0.29, 0.717) is 13.1 Å². The van der Waals surface area contributed by atoms with Gasteiger partial charge in [0.2, 0.25) is 0 Å². The van der Waals surface area contributed by atoms with Gasteiger partial charge in [0.1, 0.15) is 11.6 Å². The molecule has 2 heterocycles. The Bertz CT molecular complexity index is 1060. The van der Waals surface area contributed by atoms with Gasteiger partial charge < -0.3 is 15.0 Å². The zero-order chi connectivity index (χ0) is 18.8. The average Bonchev–Trinajstić information content (AvgIpc) is 3.32. The largest absolute Gasteiger partial charge is 0.497 e. The molecule has 0 saturated heterocycles. The Hall–Kier alpha value is -3.12. The highest BCUT2D eigenvalue weighted by atomic mass is 16.5. The third kappa shape index (κ3) is 3.44. The molecule has 0 aliphatic carbocycles. The van der Waals surface area contributed by atoms with Gasteiger partial charge in [-0.05, 0) is 55.3 Å². The van der Waals surface area contributed by atoms with Crippen molar-refractivity contribution in [3.8, 4) is 17.0 Å². The van der Waals surface area contributed by atoms with Crippen LogP contribution in [0.3, 0.4) is 0 Å². The van der Waals surface area contributed by atoms with Crippen molar-refractivity contribution >= 4 is 11.0 Å². The first kappa shape index (κ1) is 17.3. The van der Waals surface area contributed by atoms with Gasteiger partial charge in [0.25, 0.3) is 0 Å². The molecule has 2 aromatic heterocycles. The first-order chi connectivity index (χ1) is 13.2. The highest BCUT2D eigenvalue weighted by molar-refractivity contribution is 5.79. The maximum Gasteiger partial charge on any atom is 0.121 e. The van der Waals surface area contributed by atoms with E-state index in [0.717, 1.165) is 39.4 Å². The Labute approximate surface area is 158 Å². The molecule has 0 amide bonds. The minimum absolute atomic E-state index is 0.667. The van der Waals surface area contributed by atoms with E-state index in [1.807, 2.05) is 30.5 Å². The maximum atomic E-state index is 5.22. The molecule has 0 radical (unpaired) electrons. The Morgan fingerprint density at radius 2 is 1.85 bits per heavy atom. The number of nitrogens with one attached hydrogen (secondary N) is 3. The van der Waals surface area contributed by atoms with Crippen molar-refractivity contribution in [3.63, 3.8) is 0 Å². The molecule has 3 N–H and O–H groups in total. The molecule has 4 rings (SSSR count). The quantitative estimate of drug-likeness (QED) is 0.487. The lowest BCUT2D eigenvalue weighted by Gasteiger charge is -2.06. The zero-order valence-corrected chi connectivity index (χ0v) is 15.8. The topological polar surface area (TPSA) is 78.6 Å². The van der Waals surface area contributed by atoms with Crippen molar-refractivity contribution in [2.75, 3.05) is 7.11 Å². The summed E-state index contributed by atoms with van der Waals surface area (Å²) in [7, 11) is 1.67. The van der Waals surface area contributed by atoms with E-state index in [9.17, 15) is 0 Å². The van der Waals surface area contributed by atoms with Crippen LogP contribution in [0.1, 0.15) is 22.5 Å². The van der Waals surface area contributed by atoms with Crippen LogP contribution < -0.4 is 10.1 Å². The van der Waals surface area contributed by atoms with Gasteiger partial charge in [0, 0.05) is 17.7 Å². The summed E-state index contributed by atoms with van der Waals surface area (Å²) in [6.07, 6.45) is 1.86. The number of rotatable bonds is 6. The van der Waals surface area contributed by atoms with Crippen LogP contribution in [0.2, 0.25) is 0 Å². The second-order valence-electron chi connectivity index (χ2n) is 6.69. The van der Waals surface area contributed by atoms with Crippen LogP contribution in [0, 0.1) is 13.8 Å². The number of imidazole rings is 1. The summed E-state index contributed by atoms with van der Waals surface area (Å²) in [6.45, 7) is 5.59. The molecule has 0 saturated carbocycles. The monoisotopic (exact) mass is 361 g/mol. The highest BCUT2D eigenvalue weighted by Crippen LogP contribution is 2.24. The van der Waals surface area contributed by atoms with Crippen LogP contribution in [0.4, 0.5) is 0 Å². The van der Waals surface area contributed by atoms with Crippen molar-refractivity contribution in [3.05, 3.63) is 65.1 Å². The van der Waals surface area contributed by atoms with Gasteiger partial charge >= 0.3 is 0 Å². The third-order valence-electron chi connectivity index (χ3n) is 4.93. The number of nitrogens with zero attached hydrogens (tertiary/aromatic N) is 2. The number of aryl methyl sites for hydroxylation is 2. The van der Waals surface area contributed by atoms with Crippen LogP contribution >= 0.6 is 0 Å². The van der Waals surface area contributed by atoms with Crippen molar-refractivity contribution < 1.29 is 4.74 Å². The molecule has 138 valence electrons. The van der Waals surface area contributed by atoms with E-state index in [2.05, 4.69) is 46.5 Å². The number of fused-ring (bicyclic) bond motifs is 1. The average molecular weight is 361 g/mol. The molecule has 2 aromatic carbocycles. The highest BCUT2D eigenvalue weighted by Gasteiger charge is 2.10. The summed E-state index contributed by atoms with van der Waals surface area (Å²) in [5, 5.41) is 10.7. The molecule has 0 aliphatic rings. The molecule has 6 nitrogen and oxygen atoms in total. The fraction of sp³-hybridized carbons (Fsp3) is 0.238. The molecule has 0 fully saturated rings. The van der Waals surface area contributed by atoms with Crippen LogP contribution in [-0.2, 0) is 13.1 Å². The van der Waals surface area contributed by atoms with Crippen LogP contribution in [0.25, 0.3) is 22.3 Å². The van der Waals surface area contributed by atoms with Crippen LogP contribution in [0.15, 0.2) is 42.6 Å². The standard InChI is InChI=1S/C21H23N5O/c1-13-4-9-18-20(14(13)2)25-19(24-18)12-22-10-16-11-23-26-21(16)15-5-7-17(27-3)8-6-15/h4-9,11,22H,10,12H2,1-3H3,(H,23,26)(H,24,25).